The lowest BCUT2D eigenvalue weighted by molar-refractivity contribution is 0.102. The topological polar surface area (TPSA) is 105 Å². The minimum atomic E-state index is -0.241. The van der Waals surface area contributed by atoms with Gasteiger partial charge in [-0.1, -0.05) is 18.2 Å². The number of nitrogen functional groups attached to an aromatic ring is 2. The van der Waals surface area contributed by atoms with Crippen molar-refractivity contribution in [3.63, 3.8) is 0 Å². The monoisotopic (exact) mass is 364 g/mol. The lowest BCUT2D eigenvalue weighted by atomic mass is 10.1. The quantitative estimate of drug-likeness (QED) is 0.275. The Bertz CT molecular complexity index is 880. The van der Waals surface area contributed by atoms with E-state index in [0.717, 1.165) is 16.8 Å². The summed E-state index contributed by atoms with van der Waals surface area (Å²) < 4.78 is 0. The molecule has 0 fully saturated rings. The molecule has 6 N–H and O–H groups in total. The van der Waals surface area contributed by atoms with Crippen molar-refractivity contribution in [3.8, 4) is 0 Å². The number of hydrogen-bond acceptors (Lipinski definition) is 5. The lowest BCUT2D eigenvalue weighted by Gasteiger charge is -2.07. The fraction of sp³-hybridized carbons (Fsp3) is 0. The number of hydrogen-bond donors (Lipinski definition) is 5. The van der Waals surface area contributed by atoms with Gasteiger partial charge in [0.15, 0.2) is 0 Å². The third-order valence-electron chi connectivity index (χ3n) is 3.43. The highest BCUT2D eigenvalue weighted by atomic mass is 32.1. The van der Waals surface area contributed by atoms with Gasteiger partial charge < -0.3 is 22.2 Å². The van der Waals surface area contributed by atoms with Crippen molar-refractivity contribution in [2.45, 2.75) is 4.90 Å². The molecule has 0 saturated carbocycles. The van der Waals surface area contributed by atoms with E-state index in [0.29, 0.717) is 22.5 Å². The average molecular weight is 364 g/mol. The molecule has 0 atom stereocenters. The van der Waals surface area contributed by atoms with E-state index >= 15 is 0 Å². The van der Waals surface area contributed by atoms with E-state index in [4.69, 9.17) is 16.9 Å². The number of nitrogens with two attached hydrogens (primary N) is 2. The highest BCUT2D eigenvalue weighted by molar-refractivity contribution is 7.80. The zero-order chi connectivity index (χ0) is 18.9. The summed E-state index contributed by atoms with van der Waals surface area (Å²) in [6, 6.07) is 21.5. The Labute approximate surface area is 158 Å². The number of para-hydroxylation sites is 1. The molecule has 3 aromatic rings. The van der Waals surface area contributed by atoms with Gasteiger partial charge in [-0.25, -0.2) is 0 Å². The van der Waals surface area contributed by atoms with Crippen LogP contribution in [0, 0.1) is 5.41 Å². The van der Waals surface area contributed by atoms with Crippen LogP contribution >= 0.6 is 12.6 Å². The molecule has 0 spiro atoms. The Hall–Kier alpha value is -3.25. The van der Waals surface area contributed by atoms with Gasteiger partial charge in [0.2, 0.25) is 0 Å². The van der Waals surface area contributed by atoms with E-state index in [2.05, 4.69) is 17.9 Å². The molecule has 5 nitrogen and oxygen atoms in total. The minimum Gasteiger partial charge on any atom is -0.399 e. The van der Waals surface area contributed by atoms with Gasteiger partial charge >= 0.3 is 0 Å². The third-order valence-corrected chi connectivity index (χ3v) is 3.73. The molecule has 0 aliphatic heterocycles. The van der Waals surface area contributed by atoms with Crippen molar-refractivity contribution >= 4 is 41.8 Å². The molecule has 0 heterocycles. The average Bonchev–Trinajstić information content (AvgIpc) is 2.65. The fourth-order valence-corrected chi connectivity index (χ4v) is 2.19. The van der Waals surface area contributed by atoms with Crippen LogP contribution in [0.25, 0.3) is 0 Å². The van der Waals surface area contributed by atoms with Crippen LogP contribution in [-0.2, 0) is 0 Å². The summed E-state index contributed by atoms with van der Waals surface area (Å²) in [5.74, 6) is -0.241. The molecule has 3 aromatic carbocycles. The van der Waals surface area contributed by atoms with Crippen LogP contribution in [-0.4, -0.2) is 12.1 Å². The van der Waals surface area contributed by atoms with Gasteiger partial charge in [-0.3, -0.25) is 4.79 Å². The van der Waals surface area contributed by atoms with E-state index in [-0.39, 0.29) is 5.91 Å². The van der Waals surface area contributed by atoms with E-state index < -0.39 is 0 Å². The summed E-state index contributed by atoms with van der Waals surface area (Å²) in [4.78, 5) is 12.9. The van der Waals surface area contributed by atoms with Gasteiger partial charge in [-0.2, -0.15) is 0 Å². The highest BCUT2D eigenvalue weighted by Crippen LogP contribution is 2.16. The summed E-state index contributed by atoms with van der Waals surface area (Å²) in [7, 11) is 0. The van der Waals surface area contributed by atoms with E-state index in [1.165, 1.54) is 0 Å². The first kappa shape index (κ1) is 19.1. The number of carbonyl (C=O) groups excluding carboxylic acids is 1. The predicted molar refractivity (Wildman–Crippen MR) is 111 cm³/mol. The first-order valence-electron chi connectivity index (χ1n) is 7.80. The van der Waals surface area contributed by atoms with Crippen LogP contribution < -0.4 is 16.8 Å². The second kappa shape index (κ2) is 9.29. The maximum Gasteiger partial charge on any atom is 0.255 e. The second-order valence-electron chi connectivity index (χ2n) is 5.40. The summed E-state index contributed by atoms with van der Waals surface area (Å²) in [5, 5.41) is 9.99. The van der Waals surface area contributed by atoms with E-state index in [9.17, 15) is 4.79 Å². The van der Waals surface area contributed by atoms with Crippen molar-refractivity contribution in [2.75, 3.05) is 16.8 Å². The van der Waals surface area contributed by atoms with Crippen LogP contribution in [0.4, 0.5) is 17.1 Å². The summed E-state index contributed by atoms with van der Waals surface area (Å²) in [6.45, 7) is 0. The zero-order valence-electron chi connectivity index (χ0n) is 14.0. The second-order valence-corrected chi connectivity index (χ2v) is 5.92. The van der Waals surface area contributed by atoms with Gasteiger partial charge in [-0.15, -0.1) is 12.6 Å². The largest absolute Gasteiger partial charge is 0.399 e. The molecule has 6 heteroatoms. The maximum atomic E-state index is 12.0. The zero-order valence-corrected chi connectivity index (χ0v) is 14.9. The van der Waals surface area contributed by atoms with Crippen LogP contribution in [0.15, 0.2) is 77.7 Å². The number of rotatable bonds is 3. The molecule has 1 amide bonds. The van der Waals surface area contributed by atoms with Crippen LogP contribution in [0.5, 0.6) is 0 Å². The first-order valence-corrected chi connectivity index (χ1v) is 8.25. The van der Waals surface area contributed by atoms with Gasteiger partial charge in [0.25, 0.3) is 5.91 Å². The molecular formula is C20H20N4OS. The number of thiol groups is 1. The van der Waals surface area contributed by atoms with Crippen LogP contribution in [0.1, 0.15) is 15.9 Å². The highest BCUT2D eigenvalue weighted by Gasteiger charge is 2.08. The number of amides is 1. The number of anilines is 3. The fourth-order valence-electron chi connectivity index (χ4n) is 2.04. The maximum absolute atomic E-state index is 12.0. The molecular weight excluding hydrogens is 344 g/mol. The SMILES string of the molecule is N=Cc1cc(C(=O)Nc2ccc(S)cc2)ccc1N.Nc1ccccc1. The van der Waals surface area contributed by atoms with Crippen molar-refractivity contribution in [3.05, 3.63) is 83.9 Å². The third kappa shape index (κ3) is 5.68. The van der Waals surface area contributed by atoms with Crippen LogP contribution in [0.2, 0.25) is 0 Å². The van der Waals surface area contributed by atoms with Crippen molar-refractivity contribution in [1.82, 2.24) is 0 Å². The van der Waals surface area contributed by atoms with Crippen molar-refractivity contribution in [2.24, 2.45) is 0 Å². The number of nitrogens with one attached hydrogen (secondary N) is 2. The van der Waals surface area contributed by atoms with E-state index in [1.54, 1.807) is 42.5 Å². The summed E-state index contributed by atoms with van der Waals surface area (Å²) in [6.07, 6.45) is 1.13. The molecule has 0 unspecified atom stereocenters. The summed E-state index contributed by atoms with van der Waals surface area (Å²) >= 11 is 4.18. The Morgan fingerprint density at radius 1 is 0.962 bits per heavy atom. The number of carbonyl (C=O) groups is 1. The Morgan fingerprint density at radius 3 is 2.15 bits per heavy atom. The first-order chi connectivity index (χ1) is 12.5. The smallest absolute Gasteiger partial charge is 0.255 e. The molecule has 132 valence electrons. The Morgan fingerprint density at radius 2 is 1.62 bits per heavy atom. The van der Waals surface area contributed by atoms with Crippen molar-refractivity contribution < 1.29 is 4.79 Å². The minimum absolute atomic E-state index is 0.241. The predicted octanol–water partition coefficient (Wildman–Crippen LogP) is 4.08. The summed E-state index contributed by atoms with van der Waals surface area (Å²) in [5.41, 5.74) is 14.0. The van der Waals surface area contributed by atoms with Gasteiger partial charge in [0.05, 0.1) is 0 Å². The van der Waals surface area contributed by atoms with Crippen LogP contribution in [0.3, 0.4) is 0 Å². The van der Waals surface area contributed by atoms with E-state index in [1.807, 2.05) is 30.3 Å². The normalized spacial score (nSPS) is 9.58. The van der Waals surface area contributed by atoms with Gasteiger partial charge in [0.1, 0.15) is 0 Å². The molecule has 0 aromatic heterocycles. The molecule has 0 radical (unpaired) electrons. The molecule has 26 heavy (non-hydrogen) atoms. The Kier molecular flexibility index (Phi) is 6.82. The van der Waals surface area contributed by atoms with Gasteiger partial charge in [0, 0.05) is 39.3 Å². The molecule has 0 bridgehead atoms. The molecule has 0 aliphatic carbocycles. The standard InChI is InChI=1S/C14H13N3OS.C6H7N/c15-8-10-7-9(1-6-13(10)16)14(18)17-11-2-4-12(19)5-3-11;7-6-4-2-1-3-5-6/h1-8,15,19H,16H2,(H,17,18);1-5H,7H2. The molecule has 0 aliphatic rings. The van der Waals surface area contributed by atoms with Gasteiger partial charge in [-0.05, 0) is 54.6 Å². The Balaban J connectivity index is 0.000000290. The molecule has 3 rings (SSSR count). The molecule has 0 saturated heterocycles. The lowest BCUT2D eigenvalue weighted by Crippen LogP contribution is -2.12. The number of benzene rings is 3. The van der Waals surface area contributed by atoms with Crippen molar-refractivity contribution in [1.29, 1.82) is 5.41 Å².